The molecule has 4 aromatic rings. The van der Waals surface area contributed by atoms with E-state index in [1.54, 1.807) is 16.8 Å². The number of primary amides is 2. The van der Waals surface area contributed by atoms with Crippen LogP contribution in [0, 0.1) is 24.1 Å². The van der Waals surface area contributed by atoms with E-state index in [0.717, 1.165) is 11.6 Å². The number of halogens is 1. The number of rotatable bonds is 6. The molecular formula is C25H21FN6O2. The Hall–Kier alpha value is -4.58. The quantitative estimate of drug-likeness (QED) is 0.458. The molecule has 34 heavy (non-hydrogen) atoms. The van der Waals surface area contributed by atoms with E-state index in [1.807, 2.05) is 26.0 Å². The summed E-state index contributed by atoms with van der Waals surface area (Å²) in [5.41, 5.74) is 14.9. The maximum atomic E-state index is 13.9. The molecule has 0 atom stereocenters. The van der Waals surface area contributed by atoms with Gasteiger partial charge in [-0.3, -0.25) is 14.3 Å². The second-order valence-corrected chi connectivity index (χ2v) is 7.83. The minimum absolute atomic E-state index is 0.0366. The summed E-state index contributed by atoms with van der Waals surface area (Å²) < 4.78 is 15.6. The van der Waals surface area contributed by atoms with Gasteiger partial charge in [-0.05, 0) is 43.2 Å². The number of fused-ring (bicyclic) bond motifs is 1. The molecule has 2 heterocycles. The van der Waals surface area contributed by atoms with Crippen molar-refractivity contribution < 1.29 is 14.0 Å². The van der Waals surface area contributed by atoms with Gasteiger partial charge >= 0.3 is 0 Å². The monoisotopic (exact) mass is 456 g/mol. The van der Waals surface area contributed by atoms with Crippen LogP contribution < -0.4 is 11.5 Å². The van der Waals surface area contributed by atoms with E-state index in [4.69, 9.17) is 21.8 Å². The van der Waals surface area contributed by atoms with E-state index in [1.165, 1.54) is 12.1 Å². The first kappa shape index (κ1) is 22.6. The number of nitrogens with two attached hydrogens (primary N) is 2. The van der Waals surface area contributed by atoms with E-state index >= 15 is 0 Å². The van der Waals surface area contributed by atoms with Crippen LogP contribution in [0.3, 0.4) is 0 Å². The molecule has 8 nitrogen and oxygen atoms in total. The van der Waals surface area contributed by atoms with Crippen molar-refractivity contribution in [1.82, 2.24) is 14.8 Å². The standard InChI is InChI=1S/C25H21FN6O2/c1-3-18-20(13(2)32(31-18)12-15-6-4-14(11-27)5-7-15)22-21(24(28)33)17-9-8-16(26)10-19(17)30-23(22)25(29)34/h4-10H,3,12H2,1-2H3,(H2,28,33)(H2,29,34). The van der Waals surface area contributed by atoms with Crippen molar-refractivity contribution in [2.24, 2.45) is 11.5 Å². The lowest BCUT2D eigenvalue weighted by Gasteiger charge is -2.15. The number of carbonyl (C=O) groups is 2. The lowest BCUT2D eigenvalue weighted by Crippen LogP contribution is -2.21. The molecule has 9 heteroatoms. The molecule has 0 aliphatic heterocycles. The molecule has 2 aromatic carbocycles. The fraction of sp³-hybridized carbons (Fsp3) is 0.160. The minimum Gasteiger partial charge on any atom is -0.366 e. The first-order valence-electron chi connectivity index (χ1n) is 10.5. The molecule has 170 valence electrons. The molecule has 0 saturated heterocycles. The molecule has 0 unspecified atom stereocenters. The molecule has 0 aliphatic rings. The van der Waals surface area contributed by atoms with Crippen LogP contribution >= 0.6 is 0 Å². The van der Waals surface area contributed by atoms with Gasteiger partial charge in [-0.2, -0.15) is 10.4 Å². The average molecular weight is 456 g/mol. The van der Waals surface area contributed by atoms with E-state index < -0.39 is 17.6 Å². The van der Waals surface area contributed by atoms with Gasteiger partial charge in [-0.1, -0.05) is 19.1 Å². The van der Waals surface area contributed by atoms with Gasteiger partial charge < -0.3 is 11.5 Å². The summed E-state index contributed by atoms with van der Waals surface area (Å²) >= 11 is 0. The highest BCUT2D eigenvalue weighted by Gasteiger charge is 2.28. The summed E-state index contributed by atoms with van der Waals surface area (Å²) in [4.78, 5) is 29.4. The van der Waals surface area contributed by atoms with Crippen molar-refractivity contribution in [2.75, 3.05) is 0 Å². The number of aromatic nitrogens is 3. The number of amides is 2. The molecule has 4 N–H and O–H groups in total. The Balaban J connectivity index is 2.00. The van der Waals surface area contributed by atoms with Crippen LogP contribution in [-0.2, 0) is 13.0 Å². The summed E-state index contributed by atoms with van der Waals surface area (Å²) in [6.45, 7) is 4.11. The van der Waals surface area contributed by atoms with Gasteiger partial charge in [0.2, 0.25) is 5.91 Å². The van der Waals surface area contributed by atoms with E-state index in [0.29, 0.717) is 40.9 Å². The van der Waals surface area contributed by atoms with Gasteiger partial charge in [0.05, 0.1) is 35.0 Å². The summed E-state index contributed by atoms with van der Waals surface area (Å²) in [6.07, 6.45) is 0.494. The Morgan fingerprint density at radius 2 is 1.79 bits per heavy atom. The highest BCUT2D eigenvalue weighted by Crippen LogP contribution is 2.36. The molecule has 0 fully saturated rings. The van der Waals surface area contributed by atoms with Gasteiger partial charge in [0.1, 0.15) is 11.5 Å². The van der Waals surface area contributed by atoms with Crippen LogP contribution in [0.4, 0.5) is 4.39 Å². The first-order valence-corrected chi connectivity index (χ1v) is 10.5. The SMILES string of the molecule is CCc1nn(Cc2ccc(C#N)cc2)c(C)c1-c1c(C(N)=O)nc2cc(F)ccc2c1C(N)=O. The second-order valence-electron chi connectivity index (χ2n) is 7.83. The number of nitriles is 1. The largest absolute Gasteiger partial charge is 0.366 e. The third-order valence-corrected chi connectivity index (χ3v) is 5.71. The highest BCUT2D eigenvalue weighted by molar-refractivity contribution is 6.15. The topological polar surface area (TPSA) is 141 Å². The minimum atomic E-state index is -0.870. The maximum Gasteiger partial charge on any atom is 0.267 e. The zero-order valence-corrected chi connectivity index (χ0v) is 18.6. The van der Waals surface area contributed by atoms with Gasteiger partial charge in [0, 0.05) is 28.3 Å². The van der Waals surface area contributed by atoms with Gasteiger partial charge in [0.25, 0.3) is 5.91 Å². The van der Waals surface area contributed by atoms with E-state index in [2.05, 4.69) is 11.1 Å². The molecule has 4 rings (SSSR count). The number of carbonyl (C=O) groups excluding carboxylic acids is 2. The van der Waals surface area contributed by atoms with Crippen LogP contribution in [0.2, 0.25) is 0 Å². The van der Waals surface area contributed by atoms with E-state index in [9.17, 15) is 14.0 Å². The Morgan fingerprint density at radius 1 is 1.09 bits per heavy atom. The fourth-order valence-electron chi connectivity index (χ4n) is 4.11. The first-order chi connectivity index (χ1) is 16.2. The predicted octanol–water partition coefficient (Wildman–Crippen LogP) is 3.23. The summed E-state index contributed by atoms with van der Waals surface area (Å²) in [5, 5.41) is 14.0. The van der Waals surface area contributed by atoms with Crippen LogP contribution in [-0.4, -0.2) is 26.6 Å². The van der Waals surface area contributed by atoms with Crippen LogP contribution in [0.25, 0.3) is 22.0 Å². The van der Waals surface area contributed by atoms with Crippen molar-refractivity contribution in [3.05, 3.63) is 82.1 Å². The van der Waals surface area contributed by atoms with Crippen molar-refractivity contribution in [1.29, 1.82) is 5.26 Å². The van der Waals surface area contributed by atoms with E-state index in [-0.39, 0.29) is 22.3 Å². The summed E-state index contributed by atoms with van der Waals surface area (Å²) in [7, 11) is 0. The highest BCUT2D eigenvalue weighted by atomic mass is 19.1. The molecule has 0 saturated carbocycles. The lowest BCUT2D eigenvalue weighted by atomic mass is 9.91. The molecule has 0 bridgehead atoms. The Labute approximate surface area is 194 Å². The third-order valence-electron chi connectivity index (χ3n) is 5.71. The second kappa shape index (κ2) is 8.75. The fourth-order valence-corrected chi connectivity index (χ4v) is 4.11. The molecular weight excluding hydrogens is 435 g/mol. The average Bonchev–Trinajstić information content (AvgIpc) is 3.12. The number of aryl methyl sites for hydroxylation is 1. The molecule has 0 aliphatic carbocycles. The van der Waals surface area contributed by atoms with Gasteiger partial charge in [0.15, 0.2) is 0 Å². The van der Waals surface area contributed by atoms with Gasteiger partial charge in [-0.25, -0.2) is 9.37 Å². The van der Waals surface area contributed by atoms with Crippen LogP contribution in [0.1, 0.15) is 50.3 Å². The Kier molecular flexibility index (Phi) is 5.82. The lowest BCUT2D eigenvalue weighted by molar-refractivity contribution is 0.0996. The summed E-state index contributed by atoms with van der Waals surface area (Å²) in [6, 6.07) is 12.9. The zero-order chi connectivity index (χ0) is 24.6. The van der Waals surface area contributed by atoms with Crippen molar-refractivity contribution in [3.63, 3.8) is 0 Å². The smallest absolute Gasteiger partial charge is 0.267 e. The number of hydrogen-bond acceptors (Lipinski definition) is 5. The Bertz CT molecular complexity index is 1500. The van der Waals surface area contributed by atoms with Crippen molar-refractivity contribution >= 4 is 22.7 Å². The number of pyridine rings is 1. The zero-order valence-electron chi connectivity index (χ0n) is 18.6. The van der Waals surface area contributed by atoms with Crippen LogP contribution in [0.5, 0.6) is 0 Å². The van der Waals surface area contributed by atoms with Crippen molar-refractivity contribution in [2.45, 2.75) is 26.8 Å². The third kappa shape index (κ3) is 3.86. The summed E-state index contributed by atoms with van der Waals surface area (Å²) in [5.74, 6) is -2.23. The molecule has 2 amide bonds. The Morgan fingerprint density at radius 3 is 2.38 bits per heavy atom. The van der Waals surface area contributed by atoms with Crippen LogP contribution in [0.15, 0.2) is 42.5 Å². The number of nitrogens with zero attached hydrogens (tertiary/aromatic N) is 4. The molecule has 0 spiro atoms. The van der Waals surface area contributed by atoms with Gasteiger partial charge in [-0.15, -0.1) is 0 Å². The number of benzene rings is 2. The van der Waals surface area contributed by atoms with Crippen molar-refractivity contribution in [3.8, 4) is 17.2 Å². The predicted molar refractivity (Wildman–Crippen MR) is 124 cm³/mol. The maximum absolute atomic E-state index is 13.9. The molecule has 0 radical (unpaired) electrons. The normalized spacial score (nSPS) is 10.9. The number of hydrogen-bond donors (Lipinski definition) is 2. The molecule has 2 aromatic heterocycles.